The van der Waals surface area contributed by atoms with Crippen molar-refractivity contribution in [2.45, 2.75) is 50.9 Å². The van der Waals surface area contributed by atoms with Crippen LogP contribution < -0.4 is 5.73 Å². The van der Waals surface area contributed by atoms with Crippen molar-refractivity contribution < 1.29 is 27.4 Å². The van der Waals surface area contributed by atoms with Gasteiger partial charge in [0.15, 0.2) is 0 Å². The van der Waals surface area contributed by atoms with Gasteiger partial charge in [0.1, 0.15) is 5.54 Å². The average molecular weight is 271 g/mol. The number of carbonyl (C=O) groups is 1. The Hall–Kier alpha value is -0.820. The summed E-state index contributed by atoms with van der Waals surface area (Å²) in [4.78, 5) is 11.3. The Kier molecular flexibility index (Phi) is 6.62. The minimum atomic E-state index is -4.17. The molecule has 0 spiro atoms. The second kappa shape index (κ2) is 6.94. The van der Waals surface area contributed by atoms with Crippen LogP contribution in [0.1, 0.15) is 33.1 Å². The average Bonchev–Trinajstić information content (AvgIpc) is 2.21. The van der Waals surface area contributed by atoms with Gasteiger partial charge in [-0.25, -0.2) is 0 Å². The van der Waals surface area contributed by atoms with Crippen LogP contribution in [0.3, 0.4) is 0 Å². The van der Waals surface area contributed by atoms with E-state index in [1.165, 1.54) is 14.0 Å². The highest BCUT2D eigenvalue weighted by Crippen LogP contribution is 2.21. The molecule has 0 saturated carbocycles. The first-order chi connectivity index (χ1) is 8.08. The third kappa shape index (κ3) is 7.50. The molecule has 0 heterocycles. The van der Waals surface area contributed by atoms with Crippen molar-refractivity contribution in [1.29, 1.82) is 0 Å². The molecule has 0 aromatic carbocycles. The zero-order valence-corrected chi connectivity index (χ0v) is 10.8. The molecule has 108 valence electrons. The zero-order valence-electron chi connectivity index (χ0n) is 10.8. The topological polar surface area (TPSA) is 61.5 Å². The molecule has 0 aliphatic heterocycles. The molecule has 0 bridgehead atoms. The van der Waals surface area contributed by atoms with Crippen LogP contribution in [-0.2, 0) is 14.3 Å². The first-order valence-electron chi connectivity index (χ1n) is 5.64. The lowest BCUT2D eigenvalue weighted by molar-refractivity contribution is -0.148. The Bertz CT molecular complexity index is 267. The van der Waals surface area contributed by atoms with Crippen molar-refractivity contribution in [2.24, 2.45) is 5.73 Å². The minimum absolute atomic E-state index is 0.0159. The molecule has 18 heavy (non-hydrogen) atoms. The molecule has 0 aliphatic carbocycles. The maximum absolute atomic E-state index is 11.9. The van der Waals surface area contributed by atoms with Gasteiger partial charge in [0.25, 0.3) is 0 Å². The van der Waals surface area contributed by atoms with Crippen molar-refractivity contribution in [2.75, 3.05) is 13.7 Å². The fraction of sp³-hybridized carbons (Fsp3) is 0.909. The Morgan fingerprint density at radius 2 is 1.94 bits per heavy atom. The van der Waals surface area contributed by atoms with Crippen LogP contribution in [0.5, 0.6) is 0 Å². The van der Waals surface area contributed by atoms with Crippen LogP contribution in [0.4, 0.5) is 13.2 Å². The van der Waals surface area contributed by atoms with Gasteiger partial charge in [-0.05, 0) is 20.3 Å². The normalized spacial score (nSPS) is 17.1. The van der Waals surface area contributed by atoms with Gasteiger partial charge in [0.2, 0.25) is 0 Å². The summed E-state index contributed by atoms with van der Waals surface area (Å²) >= 11 is 0. The van der Waals surface area contributed by atoms with Crippen LogP contribution in [0.25, 0.3) is 0 Å². The number of halogens is 3. The molecule has 0 aliphatic rings. The molecule has 2 atom stereocenters. The lowest BCUT2D eigenvalue weighted by Gasteiger charge is -2.25. The van der Waals surface area contributed by atoms with Gasteiger partial charge in [-0.15, -0.1) is 0 Å². The molecule has 0 radical (unpaired) electrons. The summed E-state index contributed by atoms with van der Waals surface area (Å²) in [5.74, 6) is -0.576. The number of methoxy groups -OCH3 is 1. The Morgan fingerprint density at radius 3 is 2.39 bits per heavy atom. The molecule has 0 aromatic heterocycles. The van der Waals surface area contributed by atoms with Crippen LogP contribution in [-0.4, -0.2) is 37.5 Å². The van der Waals surface area contributed by atoms with Crippen LogP contribution >= 0.6 is 0 Å². The lowest BCUT2D eigenvalue weighted by atomic mass is 9.96. The molecule has 0 rings (SSSR count). The SMILES string of the molecule is COC(=O)C(C)(N)CC(C)OCCCC(F)(F)F. The number of hydrogen-bond acceptors (Lipinski definition) is 4. The summed E-state index contributed by atoms with van der Waals surface area (Å²) in [7, 11) is 1.22. The summed E-state index contributed by atoms with van der Waals surface area (Å²) in [6.45, 7) is 3.13. The highest BCUT2D eigenvalue weighted by Gasteiger charge is 2.32. The molecule has 0 amide bonds. The summed E-state index contributed by atoms with van der Waals surface area (Å²) < 4.78 is 45.3. The van der Waals surface area contributed by atoms with Gasteiger partial charge in [0, 0.05) is 19.4 Å². The van der Waals surface area contributed by atoms with E-state index in [-0.39, 0.29) is 19.4 Å². The van der Waals surface area contributed by atoms with E-state index < -0.39 is 30.2 Å². The third-order valence-electron chi connectivity index (χ3n) is 2.37. The second-order valence-electron chi connectivity index (χ2n) is 4.51. The number of nitrogens with two attached hydrogens (primary N) is 1. The predicted molar refractivity (Wildman–Crippen MR) is 59.9 cm³/mol. The van der Waals surface area contributed by atoms with Gasteiger partial charge < -0.3 is 15.2 Å². The first-order valence-corrected chi connectivity index (χ1v) is 5.64. The Morgan fingerprint density at radius 1 is 1.39 bits per heavy atom. The van der Waals surface area contributed by atoms with Crippen molar-refractivity contribution in [3.8, 4) is 0 Å². The number of hydrogen-bond donors (Lipinski definition) is 1. The van der Waals surface area contributed by atoms with Crippen LogP contribution in [0.2, 0.25) is 0 Å². The van der Waals surface area contributed by atoms with Crippen molar-refractivity contribution >= 4 is 5.97 Å². The van der Waals surface area contributed by atoms with E-state index in [4.69, 9.17) is 10.5 Å². The summed E-state index contributed by atoms with van der Waals surface area (Å²) in [5, 5.41) is 0. The van der Waals surface area contributed by atoms with Crippen molar-refractivity contribution in [3.05, 3.63) is 0 Å². The molecule has 0 aromatic rings. The highest BCUT2D eigenvalue weighted by molar-refractivity contribution is 5.79. The predicted octanol–water partition coefficient (Wildman–Crippen LogP) is 2.01. The standard InChI is InChI=1S/C11H20F3NO3/c1-8(7-10(2,15)9(16)17-3)18-6-4-5-11(12,13)14/h8H,4-7,15H2,1-3H3. The van der Waals surface area contributed by atoms with Gasteiger partial charge in [-0.2, -0.15) is 13.2 Å². The maximum Gasteiger partial charge on any atom is 0.389 e. The lowest BCUT2D eigenvalue weighted by Crippen LogP contribution is -2.48. The van der Waals surface area contributed by atoms with Gasteiger partial charge in [-0.3, -0.25) is 4.79 Å². The maximum atomic E-state index is 11.9. The molecular weight excluding hydrogens is 251 g/mol. The molecular formula is C11H20F3NO3. The number of esters is 1. The fourth-order valence-electron chi connectivity index (χ4n) is 1.53. The molecule has 0 saturated heterocycles. The smallest absolute Gasteiger partial charge is 0.389 e. The van der Waals surface area contributed by atoms with E-state index in [2.05, 4.69) is 4.74 Å². The van der Waals surface area contributed by atoms with Crippen LogP contribution in [0, 0.1) is 0 Å². The summed E-state index contributed by atoms with van der Waals surface area (Å²) in [6, 6.07) is 0. The molecule has 7 heteroatoms. The molecule has 2 N–H and O–H groups in total. The third-order valence-corrected chi connectivity index (χ3v) is 2.37. The quantitative estimate of drug-likeness (QED) is 0.568. The highest BCUT2D eigenvalue weighted by atomic mass is 19.4. The Labute approximate surface area is 105 Å². The van der Waals surface area contributed by atoms with Gasteiger partial charge in [-0.1, -0.05) is 0 Å². The number of alkyl halides is 3. The minimum Gasteiger partial charge on any atom is -0.468 e. The monoisotopic (exact) mass is 271 g/mol. The number of carbonyl (C=O) groups excluding carboxylic acids is 1. The van der Waals surface area contributed by atoms with E-state index in [9.17, 15) is 18.0 Å². The summed E-state index contributed by atoms with van der Waals surface area (Å²) in [6.07, 6.45) is -5.37. The zero-order chi connectivity index (χ0) is 14.4. The van der Waals surface area contributed by atoms with E-state index >= 15 is 0 Å². The van der Waals surface area contributed by atoms with E-state index in [1.54, 1.807) is 6.92 Å². The van der Waals surface area contributed by atoms with Gasteiger partial charge >= 0.3 is 12.1 Å². The van der Waals surface area contributed by atoms with Crippen LogP contribution in [0.15, 0.2) is 0 Å². The second-order valence-corrected chi connectivity index (χ2v) is 4.51. The first kappa shape index (κ1) is 17.2. The number of ether oxygens (including phenoxy) is 2. The van der Waals surface area contributed by atoms with E-state index in [0.29, 0.717) is 0 Å². The van der Waals surface area contributed by atoms with Crippen molar-refractivity contribution in [1.82, 2.24) is 0 Å². The summed E-state index contributed by atoms with van der Waals surface area (Å²) in [5.41, 5.74) is 4.51. The Balaban J connectivity index is 3.91. The van der Waals surface area contributed by atoms with E-state index in [0.717, 1.165) is 0 Å². The largest absolute Gasteiger partial charge is 0.468 e. The van der Waals surface area contributed by atoms with Crippen molar-refractivity contribution in [3.63, 3.8) is 0 Å². The molecule has 2 unspecified atom stereocenters. The molecule has 4 nitrogen and oxygen atoms in total. The molecule has 0 fully saturated rings. The van der Waals surface area contributed by atoms with Gasteiger partial charge in [0.05, 0.1) is 13.2 Å². The van der Waals surface area contributed by atoms with E-state index in [1.807, 2.05) is 0 Å². The number of rotatable bonds is 7. The fourth-order valence-corrected chi connectivity index (χ4v) is 1.53.